The molecule has 2 aliphatic heterocycles. The summed E-state index contributed by atoms with van der Waals surface area (Å²) < 4.78 is 16.8. The van der Waals surface area contributed by atoms with Crippen molar-refractivity contribution in [1.29, 1.82) is 5.26 Å². The summed E-state index contributed by atoms with van der Waals surface area (Å²) in [6.07, 6.45) is 5.87. The highest BCUT2D eigenvalue weighted by Gasteiger charge is 2.24. The summed E-state index contributed by atoms with van der Waals surface area (Å²) in [7, 11) is 0. The van der Waals surface area contributed by atoms with Gasteiger partial charge in [-0.1, -0.05) is 12.1 Å². The maximum atomic E-state index is 9.48. The Balaban J connectivity index is 1.22. The van der Waals surface area contributed by atoms with E-state index in [4.69, 9.17) is 14.2 Å². The highest BCUT2D eigenvalue weighted by Crippen LogP contribution is 2.36. The van der Waals surface area contributed by atoms with E-state index >= 15 is 0 Å². The van der Waals surface area contributed by atoms with Gasteiger partial charge in [0.25, 0.3) is 0 Å². The number of aromatic nitrogens is 1. The van der Waals surface area contributed by atoms with Gasteiger partial charge in [-0.15, -0.1) is 0 Å². The van der Waals surface area contributed by atoms with E-state index in [2.05, 4.69) is 59.3 Å². The van der Waals surface area contributed by atoms with Gasteiger partial charge in [0.1, 0.15) is 11.8 Å². The minimum atomic E-state index is -0.0599. The third-order valence-corrected chi connectivity index (χ3v) is 6.80. The van der Waals surface area contributed by atoms with E-state index in [0.717, 1.165) is 66.6 Å². The van der Waals surface area contributed by atoms with Gasteiger partial charge in [-0.05, 0) is 61.6 Å². The van der Waals surface area contributed by atoms with Crippen LogP contribution in [0.4, 0.5) is 5.69 Å². The lowest BCUT2D eigenvalue weighted by atomic mass is 9.88. The summed E-state index contributed by atoms with van der Waals surface area (Å²) >= 11 is 0. The van der Waals surface area contributed by atoms with E-state index < -0.39 is 0 Å². The quantitative estimate of drug-likeness (QED) is 0.502. The van der Waals surface area contributed by atoms with Gasteiger partial charge in [0, 0.05) is 42.7 Å². The van der Waals surface area contributed by atoms with E-state index in [1.165, 1.54) is 11.3 Å². The smallest absolute Gasteiger partial charge is 0.157 e. The molecule has 3 aromatic rings. The number of hydrogen-bond acceptors (Lipinski definition) is 5. The molecule has 0 bridgehead atoms. The lowest BCUT2D eigenvalue weighted by molar-refractivity contribution is -0.0492. The lowest BCUT2D eigenvalue weighted by Crippen LogP contribution is -2.34. The maximum absolute atomic E-state index is 9.48. The number of nitrogens with one attached hydrogen (secondary N) is 1. The molecule has 6 heteroatoms. The number of nitriles is 1. The van der Waals surface area contributed by atoms with Crippen LogP contribution in [0.2, 0.25) is 0 Å². The van der Waals surface area contributed by atoms with Gasteiger partial charge >= 0.3 is 0 Å². The van der Waals surface area contributed by atoms with Gasteiger partial charge in [0.2, 0.25) is 0 Å². The second-order valence-corrected chi connectivity index (χ2v) is 8.98. The fourth-order valence-corrected chi connectivity index (χ4v) is 5.10. The molecule has 2 saturated heterocycles. The molecule has 1 atom stereocenters. The van der Waals surface area contributed by atoms with E-state index in [9.17, 15) is 5.26 Å². The van der Waals surface area contributed by atoms with Crippen LogP contribution in [-0.4, -0.2) is 44.2 Å². The number of ether oxygens (including phenoxy) is 3. The average molecular weight is 446 g/mol. The van der Waals surface area contributed by atoms with Gasteiger partial charge in [-0.3, -0.25) is 0 Å². The SMILES string of the molecule is Cc1ccc(C2CCCN(c3ccc(OCCCC4OCCO4)cc3)C2)c2[nH]cc(C#N)c12. The zero-order chi connectivity index (χ0) is 22.6. The highest BCUT2D eigenvalue weighted by molar-refractivity contribution is 5.91. The topological polar surface area (TPSA) is 70.5 Å². The number of aryl methyl sites for hydroxylation is 1. The van der Waals surface area contributed by atoms with E-state index in [-0.39, 0.29) is 6.29 Å². The van der Waals surface area contributed by atoms with E-state index in [1.807, 2.05) is 6.20 Å². The Bertz CT molecular complexity index is 1130. The van der Waals surface area contributed by atoms with Crippen LogP contribution in [0.3, 0.4) is 0 Å². The fraction of sp³-hybridized carbons (Fsp3) is 0.444. The van der Waals surface area contributed by atoms with Crippen LogP contribution in [0.15, 0.2) is 42.6 Å². The zero-order valence-corrected chi connectivity index (χ0v) is 19.2. The third-order valence-electron chi connectivity index (χ3n) is 6.80. The number of nitrogens with zero attached hydrogens (tertiary/aromatic N) is 2. The normalized spacial score (nSPS) is 19.2. The number of benzene rings is 2. The van der Waals surface area contributed by atoms with Gasteiger partial charge in [0.15, 0.2) is 6.29 Å². The van der Waals surface area contributed by atoms with Crippen molar-refractivity contribution in [2.24, 2.45) is 0 Å². The third kappa shape index (κ3) is 4.71. The van der Waals surface area contributed by atoms with Crippen molar-refractivity contribution >= 4 is 16.6 Å². The summed E-state index contributed by atoms with van der Waals surface area (Å²) in [5.41, 5.74) is 5.55. The Kier molecular flexibility index (Phi) is 6.52. The summed E-state index contributed by atoms with van der Waals surface area (Å²) in [6, 6.07) is 15.2. The summed E-state index contributed by atoms with van der Waals surface area (Å²) in [5, 5.41) is 10.6. The van der Waals surface area contributed by atoms with Crippen molar-refractivity contribution in [1.82, 2.24) is 4.98 Å². The van der Waals surface area contributed by atoms with Crippen LogP contribution in [0.1, 0.15) is 48.3 Å². The first-order valence-corrected chi connectivity index (χ1v) is 11.9. The molecule has 0 aliphatic carbocycles. The van der Waals surface area contributed by atoms with Crippen LogP contribution in [-0.2, 0) is 9.47 Å². The van der Waals surface area contributed by atoms with Crippen LogP contribution in [0.25, 0.3) is 10.9 Å². The molecule has 172 valence electrons. The van der Waals surface area contributed by atoms with E-state index in [1.54, 1.807) is 0 Å². The molecule has 0 spiro atoms. The van der Waals surface area contributed by atoms with Gasteiger partial charge in [0.05, 0.1) is 30.9 Å². The first kappa shape index (κ1) is 21.8. The molecule has 1 unspecified atom stereocenters. The molecule has 5 rings (SSSR count). The number of aromatic amines is 1. The fourth-order valence-electron chi connectivity index (χ4n) is 5.10. The Hall–Kier alpha value is -3.01. The number of rotatable bonds is 7. The molecular weight excluding hydrogens is 414 g/mol. The monoisotopic (exact) mass is 445 g/mol. The Labute approximate surface area is 195 Å². The molecule has 2 aliphatic rings. The number of fused-ring (bicyclic) bond motifs is 1. The van der Waals surface area contributed by atoms with Gasteiger partial charge < -0.3 is 24.1 Å². The standard InChI is InChI=1S/C27H31N3O3/c1-19-6-11-24(27-26(19)21(16-28)17-29-27)20-4-2-12-30(18-20)22-7-9-23(10-8-22)31-13-3-5-25-32-14-15-33-25/h6-11,17,20,25,29H,2-5,12-15,18H2,1H3. The molecule has 1 N–H and O–H groups in total. The van der Waals surface area contributed by atoms with E-state index in [0.29, 0.717) is 25.7 Å². The average Bonchev–Trinajstić information content (AvgIpc) is 3.53. The molecule has 0 saturated carbocycles. The molecular formula is C27H31N3O3. The van der Waals surface area contributed by atoms with Crippen molar-refractivity contribution in [3.8, 4) is 11.8 Å². The van der Waals surface area contributed by atoms with Gasteiger partial charge in [-0.25, -0.2) is 0 Å². The van der Waals surface area contributed by atoms with Crippen LogP contribution >= 0.6 is 0 Å². The molecule has 0 radical (unpaired) electrons. The predicted octanol–water partition coefficient (Wildman–Crippen LogP) is 5.26. The Morgan fingerprint density at radius 1 is 1.15 bits per heavy atom. The molecule has 1 aromatic heterocycles. The van der Waals surface area contributed by atoms with Crippen LogP contribution < -0.4 is 9.64 Å². The summed E-state index contributed by atoms with van der Waals surface area (Å²) in [5.74, 6) is 1.33. The van der Waals surface area contributed by atoms with Crippen molar-refractivity contribution in [3.05, 3.63) is 59.3 Å². The minimum Gasteiger partial charge on any atom is -0.494 e. The van der Waals surface area contributed by atoms with Crippen molar-refractivity contribution in [2.45, 2.75) is 44.8 Å². The minimum absolute atomic E-state index is 0.0599. The van der Waals surface area contributed by atoms with Crippen molar-refractivity contribution in [2.75, 3.05) is 37.8 Å². The number of hydrogen-bond donors (Lipinski definition) is 1. The summed E-state index contributed by atoms with van der Waals surface area (Å²) in [6.45, 7) is 6.17. The van der Waals surface area contributed by atoms with Crippen LogP contribution in [0, 0.1) is 18.3 Å². The Morgan fingerprint density at radius 2 is 1.97 bits per heavy atom. The molecule has 6 nitrogen and oxygen atoms in total. The molecule has 3 heterocycles. The number of piperidine rings is 1. The Morgan fingerprint density at radius 3 is 2.76 bits per heavy atom. The largest absolute Gasteiger partial charge is 0.494 e. The zero-order valence-electron chi connectivity index (χ0n) is 19.2. The van der Waals surface area contributed by atoms with Gasteiger partial charge in [-0.2, -0.15) is 5.26 Å². The van der Waals surface area contributed by atoms with Crippen molar-refractivity contribution < 1.29 is 14.2 Å². The molecule has 0 amide bonds. The summed E-state index contributed by atoms with van der Waals surface area (Å²) in [4.78, 5) is 5.84. The first-order valence-electron chi connectivity index (χ1n) is 11.9. The molecule has 2 aromatic carbocycles. The predicted molar refractivity (Wildman–Crippen MR) is 129 cm³/mol. The van der Waals surface area contributed by atoms with Crippen molar-refractivity contribution in [3.63, 3.8) is 0 Å². The first-order chi connectivity index (χ1) is 16.2. The molecule has 33 heavy (non-hydrogen) atoms. The highest BCUT2D eigenvalue weighted by atomic mass is 16.7. The second kappa shape index (κ2) is 9.86. The number of H-pyrrole nitrogens is 1. The maximum Gasteiger partial charge on any atom is 0.157 e. The van der Waals surface area contributed by atoms with Crippen LogP contribution in [0.5, 0.6) is 5.75 Å². The second-order valence-electron chi connectivity index (χ2n) is 8.98. The molecule has 2 fully saturated rings. The lowest BCUT2D eigenvalue weighted by Gasteiger charge is -2.35. The number of anilines is 1.